The second-order valence-electron chi connectivity index (χ2n) is 6.05. The number of amides is 1. The number of carbonyl (C=O) groups is 2. The number of aromatic nitrogens is 2. The lowest BCUT2D eigenvalue weighted by Crippen LogP contribution is -2.16. The first kappa shape index (κ1) is 18.2. The number of hydrogen-bond donors (Lipinski definition) is 2. The number of carbonyl (C=O) groups excluding carboxylic acids is 1. The van der Waals surface area contributed by atoms with Crippen LogP contribution in [0.15, 0.2) is 54.6 Å². The molecule has 0 unspecified atom stereocenters. The second-order valence-corrected chi connectivity index (χ2v) is 6.05. The van der Waals surface area contributed by atoms with Crippen molar-refractivity contribution >= 4 is 17.7 Å². The molecule has 3 rings (SSSR count). The fraction of sp³-hybridized carbons (Fsp3) is 0.150. The maximum atomic E-state index is 12.5. The predicted octanol–water partition coefficient (Wildman–Crippen LogP) is 3.20. The molecule has 0 atom stereocenters. The van der Waals surface area contributed by atoms with Gasteiger partial charge in [0.25, 0.3) is 5.91 Å². The Hall–Kier alpha value is -3.61. The van der Waals surface area contributed by atoms with Crippen molar-refractivity contribution in [3.63, 3.8) is 0 Å². The van der Waals surface area contributed by atoms with Crippen LogP contribution >= 0.6 is 0 Å². The Morgan fingerprint density at radius 3 is 2.56 bits per heavy atom. The van der Waals surface area contributed by atoms with E-state index in [9.17, 15) is 14.7 Å². The summed E-state index contributed by atoms with van der Waals surface area (Å²) in [5, 5.41) is 16.1. The lowest BCUT2D eigenvalue weighted by Gasteiger charge is -2.10. The highest BCUT2D eigenvalue weighted by Crippen LogP contribution is 2.18. The average molecular weight is 365 g/mol. The number of ether oxygens (including phenoxy) is 1. The first-order chi connectivity index (χ1) is 13.0. The fourth-order valence-electron chi connectivity index (χ4n) is 2.58. The Labute approximate surface area is 156 Å². The van der Waals surface area contributed by atoms with Gasteiger partial charge in [-0.15, -0.1) is 0 Å². The highest BCUT2D eigenvalue weighted by atomic mass is 16.5. The molecule has 138 valence electrons. The Morgan fingerprint density at radius 2 is 1.89 bits per heavy atom. The minimum Gasteiger partial charge on any atom is -0.497 e. The smallest absolute Gasteiger partial charge is 0.356 e. The zero-order valence-electron chi connectivity index (χ0n) is 15.0. The highest BCUT2D eigenvalue weighted by Gasteiger charge is 2.16. The molecule has 1 heterocycles. The summed E-state index contributed by atoms with van der Waals surface area (Å²) < 4.78 is 6.65. The fourth-order valence-corrected chi connectivity index (χ4v) is 2.58. The lowest BCUT2D eigenvalue weighted by molar-refractivity contribution is 0.0689. The van der Waals surface area contributed by atoms with E-state index in [0.29, 0.717) is 17.1 Å². The molecule has 7 nitrogen and oxygen atoms in total. The number of nitrogens with one attached hydrogen (secondary N) is 1. The Morgan fingerprint density at radius 1 is 1.15 bits per heavy atom. The van der Waals surface area contributed by atoms with Gasteiger partial charge >= 0.3 is 5.97 Å². The first-order valence-electron chi connectivity index (χ1n) is 8.28. The molecule has 0 aliphatic carbocycles. The third-order valence-electron chi connectivity index (χ3n) is 4.02. The number of aryl methyl sites for hydroxylation is 1. The number of nitrogens with zero attached hydrogens (tertiary/aromatic N) is 2. The van der Waals surface area contributed by atoms with Gasteiger partial charge in [-0.25, -0.2) is 9.48 Å². The van der Waals surface area contributed by atoms with Crippen molar-refractivity contribution in [2.45, 2.75) is 13.5 Å². The summed E-state index contributed by atoms with van der Waals surface area (Å²) in [4.78, 5) is 23.8. The van der Waals surface area contributed by atoms with Crippen molar-refractivity contribution in [3.05, 3.63) is 77.0 Å². The van der Waals surface area contributed by atoms with Crippen LogP contribution in [0.5, 0.6) is 5.75 Å². The molecular weight excluding hydrogens is 346 g/mol. The van der Waals surface area contributed by atoms with Crippen LogP contribution in [-0.2, 0) is 6.54 Å². The second kappa shape index (κ2) is 7.74. The van der Waals surface area contributed by atoms with Crippen LogP contribution in [0.3, 0.4) is 0 Å². The van der Waals surface area contributed by atoms with Crippen LogP contribution in [0.2, 0.25) is 0 Å². The van der Waals surface area contributed by atoms with Crippen LogP contribution in [0.4, 0.5) is 5.82 Å². The Balaban J connectivity index is 1.88. The largest absolute Gasteiger partial charge is 0.497 e. The Bertz CT molecular complexity index is 977. The van der Waals surface area contributed by atoms with Gasteiger partial charge in [-0.1, -0.05) is 29.8 Å². The quantitative estimate of drug-likeness (QED) is 0.700. The molecule has 0 radical (unpaired) electrons. The summed E-state index contributed by atoms with van der Waals surface area (Å²) in [6.45, 7) is 2.22. The number of carboxylic acids is 1. The van der Waals surface area contributed by atoms with Crippen LogP contribution in [0, 0.1) is 6.92 Å². The van der Waals surface area contributed by atoms with Gasteiger partial charge in [-0.05, 0) is 36.8 Å². The monoisotopic (exact) mass is 365 g/mol. The molecule has 0 bridgehead atoms. The normalized spacial score (nSPS) is 10.4. The van der Waals surface area contributed by atoms with E-state index in [2.05, 4.69) is 10.4 Å². The van der Waals surface area contributed by atoms with Crippen LogP contribution in [-0.4, -0.2) is 33.9 Å². The number of methoxy groups -OCH3 is 1. The summed E-state index contributed by atoms with van der Waals surface area (Å²) in [5.74, 6) is -0.506. The van der Waals surface area contributed by atoms with Gasteiger partial charge < -0.3 is 15.2 Å². The van der Waals surface area contributed by atoms with Gasteiger partial charge in [0.15, 0.2) is 5.69 Å². The number of benzene rings is 2. The van der Waals surface area contributed by atoms with Crippen molar-refractivity contribution < 1.29 is 19.4 Å². The summed E-state index contributed by atoms with van der Waals surface area (Å²) >= 11 is 0. The third-order valence-corrected chi connectivity index (χ3v) is 4.02. The van der Waals surface area contributed by atoms with Crippen molar-refractivity contribution in [2.24, 2.45) is 0 Å². The molecule has 0 aliphatic heterocycles. The maximum Gasteiger partial charge on any atom is 0.356 e. The standard InChI is InChI=1S/C20H19N3O4/c1-13-6-8-15(9-7-13)19(24)21-18-11-17(20(25)26)22-23(18)12-14-4-3-5-16(10-14)27-2/h3-11H,12H2,1-2H3,(H,21,24)(H,25,26). The molecule has 1 amide bonds. The predicted molar refractivity (Wildman–Crippen MR) is 100 cm³/mol. The number of anilines is 1. The third kappa shape index (κ3) is 4.33. The first-order valence-corrected chi connectivity index (χ1v) is 8.28. The molecule has 0 fully saturated rings. The molecule has 7 heteroatoms. The summed E-state index contributed by atoms with van der Waals surface area (Å²) in [5.41, 5.74) is 2.24. The molecule has 3 aromatic rings. The topological polar surface area (TPSA) is 93.5 Å². The van der Waals surface area contributed by atoms with E-state index < -0.39 is 5.97 Å². The van der Waals surface area contributed by atoms with E-state index in [1.165, 1.54) is 10.7 Å². The highest BCUT2D eigenvalue weighted by molar-refractivity contribution is 6.04. The molecule has 1 aromatic heterocycles. The summed E-state index contributed by atoms with van der Waals surface area (Å²) in [7, 11) is 1.57. The van der Waals surface area contributed by atoms with E-state index in [1.54, 1.807) is 19.2 Å². The van der Waals surface area contributed by atoms with Crippen molar-refractivity contribution in [1.82, 2.24) is 9.78 Å². The minimum atomic E-state index is -1.16. The molecule has 2 N–H and O–H groups in total. The van der Waals surface area contributed by atoms with Crippen LogP contribution < -0.4 is 10.1 Å². The average Bonchev–Trinajstić information content (AvgIpc) is 3.05. The SMILES string of the molecule is COc1cccc(Cn2nc(C(=O)O)cc2NC(=O)c2ccc(C)cc2)c1. The molecule has 0 saturated carbocycles. The van der Waals surface area contributed by atoms with Gasteiger partial charge in [-0.2, -0.15) is 5.10 Å². The van der Waals surface area contributed by atoms with Crippen molar-refractivity contribution in [3.8, 4) is 5.75 Å². The summed E-state index contributed by atoms with van der Waals surface area (Å²) in [6, 6.07) is 15.8. The number of rotatable bonds is 6. The number of aromatic carboxylic acids is 1. The van der Waals surface area contributed by atoms with Gasteiger partial charge in [0.2, 0.25) is 0 Å². The molecule has 27 heavy (non-hydrogen) atoms. The zero-order chi connectivity index (χ0) is 19.4. The van der Waals surface area contributed by atoms with Crippen molar-refractivity contribution in [1.29, 1.82) is 0 Å². The number of carboxylic acid groups (broad SMARTS) is 1. The molecule has 0 aliphatic rings. The zero-order valence-corrected chi connectivity index (χ0v) is 15.0. The van der Waals surface area contributed by atoms with E-state index in [4.69, 9.17) is 4.74 Å². The molecule has 0 saturated heterocycles. The van der Waals surface area contributed by atoms with Crippen LogP contribution in [0.1, 0.15) is 32.0 Å². The number of hydrogen-bond acceptors (Lipinski definition) is 4. The summed E-state index contributed by atoms with van der Waals surface area (Å²) in [6.07, 6.45) is 0. The van der Waals surface area contributed by atoms with Gasteiger partial charge in [-0.3, -0.25) is 4.79 Å². The van der Waals surface area contributed by atoms with E-state index in [-0.39, 0.29) is 18.1 Å². The van der Waals surface area contributed by atoms with Crippen LogP contribution in [0.25, 0.3) is 0 Å². The molecule has 0 spiro atoms. The van der Waals surface area contributed by atoms with Crippen molar-refractivity contribution in [2.75, 3.05) is 12.4 Å². The Kier molecular flexibility index (Phi) is 5.21. The minimum absolute atomic E-state index is 0.142. The van der Waals surface area contributed by atoms with E-state index in [1.807, 2.05) is 43.3 Å². The van der Waals surface area contributed by atoms with Gasteiger partial charge in [0.05, 0.1) is 13.7 Å². The van der Waals surface area contributed by atoms with Gasteiger partial charge in [0, 0.05) is 11.6 Å². The molecular formula is C20H19N3O4. The maximum absolute atomic E-state index is 12.5. The lowest BCUT2D eigenvalue weighted by atomic mass is 10.1. The van der Waals surface area contributed by atoms with Gasteiger partial charge in [0.1, 0.15) is 11.6 Å². The molecule has 2 aromatic carbocycles. The van der Waals surface area contributed by atoms with E-state index >= 15 is 0 Å². The van der Waals surface area contributed by atoms with E-state index in [0.717, 1.165) is 11.1 Å².